The summed E-state index contributed by atoms with van der Waals surface area (Å²) in [5, 5.41) is 15.0. The Morgan fingerprint density at radius 1 is 1.06 bits per heavy atom. The Morgan fingerprint density at radius 2 is 1.79 bits per heavy atom. The van der Waals surface area contributed by atoms with Crippen LogP contribution in [0.4, 0.5) is 16.2 Å². The minimum absolute atomic E-state index is 0.0429. The molecule has 0 spiro atoms. The molecule has 34 heavy (non-hydrogen) atoms. The average Bonchev–Trinajstić information content (AvgIpc) is 2.79. The van der Waals surface area contributed by atoms with Crippen molar-refractivity contribution in [2.24, 2.45) is 5.73 Å². The van der Waals surface area contributed by atoms with Gasteiger partial charge in [-0.3, -0.25) is 9.36 Å². The first kappa shape index (κ1) is 23.0. The van der Waals surface area contributed by atoms with Crippen LogP contribution in [0.5, 0.6) is 0 Å². The van der Waals surface area contributed by atoms with Crippen LogP contribution in [0.2, 0.25) is 5.02 Å². The van der Waals surface area contributed by atoms with Gasteiger partial charge in [0, 0.05) is 5.69 Å². The van der Waals surface area contributed by atoms with Gasteiger partial charge >= 0.3 is 12.0 Å². The van der Waals surface area contributed by atoms with Crippen LogP contribution in [0.15, 0.2) is 71.5 Å². The van der Waals surface area contributed by atoms with Gasteiger partial charge in [-0.1, -0.05) is 35.9 Å². The number of carbonyl (C=O) groups is 2. The topological polar surface area (TPSA) is 139 Å². The van der Waals surface area contributed by atoms with E-state index in [-0.39, 0.29) is 27.2 Å². The molecule has 0 saturated carbocycles. The van der Waals surface area contributed by atoms with Gasteiger partial charge in [0.05, 0.1) is 38.9 Å². The van der Waals surface area contributed by atoms with Crippen molar-refractivity contribution >= 4 is 45.9 Å². The number of nitrogens with two attached hydrogens (primary N) is 1. The molecule has 0 unspecified atom stereocenters. The third-order valence-corrected chi connectivity index (χ3v) is 5.36. The number of carbonyl (C=O) groups excluding carboxylic acids is 1. The first-order valence-electron chi connectivity index (χ1n) is 10.2. The predicted octanol–water partition coefficient (Wildman–Crippen LogP) is 4.40. The summed E-state index contributed by atoms with van der Waals surface area (Å²) in [4.78, 5) is 41.8. The lowest BCUT2D eigenvalue weighted by molar-refractivity contribution is 0.0698. The second kappa shape index (κ2) is 9.34. The number of anilines is 2. The Labute approximate surface area is 198 Å². The number of nitrogens with zero attached hydrogens (tertiary/aromatic N) is 2. The zero-order valence-corrected chi connectivity index (χ0v) is 18.7. The molecular formula is C24H20ClN5O4. The monoisotopic (exact) mass is 477 g/mol. The fourth-order valence-electron chi connectivity index (χ4n) is 3.55. The summed E-state index contributed by atoms with van der Waals surface area (Å²) < 4.78 is 1.36. The van der Waals surface area contributed by atoms with Gasteiger partial charge < -0.3 is 21.5 Å². The second-order valence-electron chi connectivity index (χ2n) is 7.51. The van der Waals surface area contributed by atoms with E-state index >= 15 is 0 Å². The lowest BCUT2D eigenvalue weighted by Crippen LogP contribution is -2.28. The van der Waals surface area contributed by atoms with E-state index in [0.29, 0.717) is 22.7 Å². The van der Waals surface area contributed by atoms with E-state index in [1.165, 1.54) is 16.7 Å². The molecule has 3 aromatic carbocycles. The van der Waals surface area contributed by atoms with Crippen LogP contribution < -0.4 is 21.9 Å². The molecule has 1 heterocycles. The van der Waals surface area contributed by atoms with E-state index in [1.54, 1.807) is 61.5 Å². The van der Waals surface area contributed by atoms with Crippen LogP contribution in [0.1, 0.15) is 29.1 Å². The maximum Gasteiger partial charge on any atom is 0.337 e. The van der Waals surface area contributed by atoms with Crippen LogP contribution >= 0.6 is 11.6 Å². The maximum atomic E-state index is 13.4. The summed E-state index contributed by atoms with van der Waals surface area (Å²) in [5.41, 5.74) is 7.05. The Bertz CT molecular complexity index is 1480. The Kier molecular flexibility index (Phi) is 6.31. The number of benzene rings is 3. The number of carboxylic acid groups (broad SMARTS) is 1. The van der Waals surface area contributed by atoms with Gasteiger partial charge in [-0.2, -0.15) is 0 Å². The van der Waals surface area contributed by atoms with Crippen molar-refractivity contribution in [3.8, 4) is 5.69 Å². The number of nitrogens with one attached hydrogen (secondary N) is 2. The van der Waals surface area contributed by atoms with Crippen LogP contribution in [-0.4, -0.2) is 26.7 Å². The number of urea groups is 1. The number of fused-ring (bicyclic) bond motifs is 1. The van der Waals surface area contributed by atoms with Crippen molar-refractivity contribution in [3.63, 3.8) is 0 Å². The fourth-order valence-corrected chi connectivity index (χ4v) is 3.80. The number of hydrogen-bond donors (Lipinski definition) is 4. The molecule has 0 aliphatic carbocycles. The highest BCUT2D eigenvalue weighted by Crippen LogP contribution is 2.23. The number of aromatic carboxylic acids is 1. The number of halogens is 1. The van der Waals surface area contributed by atoms with E-state index in [4.69, 9.17) is 17.3 Å². The van der Waals surface area contributed by atoms with E-state index in [2.05, 4.69) is 15.6 Å². The molecule has 2 amide bonds. The van der Waals surface area contributed by atoms with E-state index in [9.17, 15) is 19.5 Å². The number of hydrogen-bond acceptors (Lipinski definition) is 5. The molecular weight excluding hydrogens is 458 g/mol. The molecule has 4 rings (SSSR count). The number of amides is 2. The van der Waals surface area contributed by atoms with Gasteiger partial charge in [0.1, 0.15) is 5.82 Å². The molecule has 10 heteroatoms. The van der Waals surface area contributed by atoms with Crippen LogP contribution in [-0.2, 0) is 0 Å². The maximum absolute atomic E-state index is 13.4. The van der Waals surface area contributed by atoms with Gasteiger partial charge in [0.25, 0.3) is 5.56 Å². The minimum Gasteiger partial charge on any atom is -0.478 e. The molecule has 0 bridgehead atoms. The van der Waals surface area contributed by atoms with Crippen molar-refractivity contribution in [1.82, 2.24) is 9.55 Å². The number of rotatable bonds is 5. The van der Waals surface area contributed by atoms with Crippen molar-refractivity contribution in [2.45, 2.75) is 13.0 Å². The van der Waals surface area contributed by atoms with Gasteiger partial charge in [-0.15, -0.1) is 0 Å². The smallest absolute Gasteiger partial charge is 0.337 e. The van der Waals surface area contributed by atoms with E-state index in [1.807, 2.05) is 0 Å². The largest absolute Gasteiger partial charge is 0.478 e. The third-order valence-electron chi connectivity index (χ3n) is 5.05. The summed E-state index contributed by atoms with van der Waals surface area (Å²) in [6, 6.07) is 16.4. The average molecular weight is 478 g/mol. The highest BCUT2D eigenvalue weighted by Gasteiger charge is 2.18. The van der Waals surface area contributed by atoms with E-state index < -0.39 is 18.0 Å². The predicted molar refractivity (Wildman–Crippen MR) is 131 cm³/mol. The molecule has 9 nitrogen and oxygen atoms in total. The van der Waals surface area contributed by atoms with Crippen molar-refractivity contribution in [2.75, 3.05) is 10.6 Å². The van der Waals surface area contributed by atoms with E-state index in [0.717, 1.165) is 0 Å². The molecule has 0 aliphatic heterocycles. The summed E-state index contributed by atoms with van der Waals surface area (Å²) in [6.07, 6.45) is 0. The van der Waals surface area contributed by atoms with Crippen LogP contribution in [0, 0.1) is 0 Å². The Hall–Kier alpha value is -4.21. The summed E-state index contributed by atoms with van der Waals surface area (Å²) in [7, 11) is 0. The summed E-state index contributed by atoms with van der Waals surface area (Å²) >= 11 is 6.27. The summed E-state index contributed by atoms with van der Waals surface area (Å²) in [5.74, 6) is -0.833. The van der Waals surface area contributed by atoms with Gasteiger partial charge in [-0.05, 0) is 49.4 Å². The van der Waals surface area contributed by atoms with Gasteiger partial charge in [-0.25, -0.2) is 14.6 Å². The molecule has 0 aliphatic rings. The molecule has 0 saturated heterocycles. The highest BCUT2D eigenvalue weighted by molar-refractivity contribution is 6.35. The van der Waals surface area contributed by atoms with Crippen LogP contribution in [0.3, 0.4) is 0 Å². The SMILES string of the molecule is C[C@H](N)c1nc2cccc(Cl)c2c(=O)n1-c1cccc(NC(=O)Nc2ccccc2C(=O)O)c1. The third kappa shape index (κ3) is 4.47. The van der Waals surface area contributed by atoms with Crippen molar-refractivity contribution < 1.29 is 14.7 Å². The quantitative estimate of drug-likeness (QED) is 0.336. The molecule has 5 N–H and O–H groups in total. The van der Waals surface area contributed by atoms with Gasteiger partial charge in [0.15, 0.2) is 0 Å². The standard InChI is InChI=1S/C24H20ClN5O4/c1-13(26)21-28-19-11-5-9-17(25)20(19)22(31)30(21)15-7-4-6-14(12-15)27-24(34)29-18-10-3-2-8-16(18)23(32)33/h2-13H,26H2,1H3,(H,32,33)(H2,27,29,34)/t13-/m0/s1. The first-order chi connectivity index (χ1) is 16.3. The molecule has 0 fully saturated rings. The zero-order chi connectivity index (χ0) is 24.4. The Morgan fingerprint density at radius 3 is 2.53 bits per heavy atom. The first-order valence-corrected chi connectivity index (χ1v) is 10.6. The number of aromatic nitrogens is 2. The molecule has 172 valence electrons. The second-order valence-corrected chi connectivity index (χ2v) is 7.92. The lowest BCUT2D eigenvalue weighted by Gasteiger charge is -2.17. The van der Waals surface area contributed by atoms with Crippen molar-refractivity contribution in [3.05, 3.63) is 93.5 Å². The summed E-state index contributed by atoms with van der Waals surface area (Å²) in [6.45, 7) is 1.71. The Balaban J connectivity index is 1.71. The van der Waals surface area contributed by atoms with Crippen molar-refractivity contribution in [1.29, 1.82) is 0 Å². The van der Waals surface area contributed by atoms with Gasteiger partial charge in [0.2, 0.25) is 0 Å². The molecule has 1 atom stereocenters. The number of carboxylic acids is 1. The fraction of sp³-hybridized carbons (Fsp3) is 0.0833. The molecule has 0 radical (unpaired) electrons. The zero-order valence-electron chi connectivity index (χ0n) is 17.9. The number of para-hydroxylation sites is 1. The minimum atomic E-state index is -1.16. The van der Waals surface area contributed by atoms with Crippen LogP contribution in [0.25, 0.3) is 16.6 Å². The lowest BCUT2D eigenvalue weighted by atomic mass is 10.2. The molecule has 1 aromatic heterocycles. The normalized spacial score (nSPS) is 11.7. The highest BCUT2D eigenvalue weighted by atomic mass is 35.5. The molecule has 4 aromatic rings.